The van der Waals surface area contributed by atoms with E-state index >= 15 is 0 Å². The molecule has 0 bridgehead atoms. The van der Waals surface area contributed by atoms with Crippen LogP contribution in [0.5, 0.6) is 0 Å². The molecule has 0 N–H and O–H groups in total. The summed E-state index contributed by atoms with van der Waals surface area (Å²) in [6.07, 6.45) is 0. The zero-order chi connectivity index (χ0) is 21.0. The summed E-state index contributed by atoms with van der Waals surface area (Å²) in [5.41, 5.74) is 5.12. The van der Waals surface area contributed by atoms with Crippen molar-refractivity contribution in [3.8, 4) is 0 Å². The number of amides is 1. The van der Waals surface area contributed by atoms with Crippen LogP contribution in [0.2, 0.25) is 0 Å². The smallest absolute Gasteiger partial charge is 0.297 e. The fraction of sp³-hybridized carbons (Fsp3) is 0.217. The summed E-state index contributed by atoms with van der Waals surface area (Å²) in [7, 11) is 0. The lowest BCUT2D eigenvalue weighted by Gasteiger charge is -2.22. The van der Waals surface area contributed by atoms with Gasteiger partial charge in [0.05, 0.1) is 17.0 Å². The van der Waals surface area contributed by atoms with Crippen LogP contribution in [-0.2, 0) is 0 Å². The first kappa shape index (κ1) is 18.7. The summed E-state index contributed by atoms with van der Waals surface area (Å²) >= 11 is 1.25. The fourth-order valence-electron chi connectivity index (χ4n) is 3.93. The summed E-state index contributed by atoms with van der Waals surface area (Å²) in [4.78, 5) is 28.4. The predicted molar refractivity (Wildman–Crippen MR) is 116 cm³/mol. The van der Waals surface area contributed by atoms with Gasteiger partial charge in [0.2, 0.25) is 10.9 Å². The fourth-order valence-corrected chi connectivity index (χ4v) is 4.52. The molecule has 2 aromatic heterocycles. The van der Waals surface area contributed by atoms with Crippen molar-refractivity contribution >= 4 is 33.3 Å². The Kier molecular flexibility index (Phi) is 4.29. The second kappa shape index (κ2) is 6.88. The Balaban J connectivity index is 1.78. The van der Waals surface area contributed by atoms with E-state index in [1.165, 1.54) is 21.8 Å². The van der Waals surface area contributed by atoms with Gasteiger partial charge in [-0.1, -0.05) is 61.1 Å². The Morgan fingerprint density at radius 2 is 1.87 bits per heavy atom. The highest BCUT2D eigenvalue weighted by Gasteiger charge is 2.44. The van der Waals surface area contributed by atoms with Gasteiger partial charge in [0.25, 0.3) is 5.91 Å². The molecule has 5 rings (SSSR count). The number of fused-ring (bicyclic) bond motifs is 2. The number of carbonyl (C=O) groups is 1. The highest BCUT2D eigenvalue weighted by atomic mass is 32.1. The number of benzene rings is 2. The number of carbonyl (C=O) groups excluding carboxylic acids is 1. The number of rotatable bonds is 3. The number of anilines is 1. The lowest BCUT2D eigenvalue weighted by atomic mass is 9.95. The molecule has 0 saturated carbocycles. The average molecular weight is 417 g/mol. The molecule has 1 aliphatic heterocycles. The zero-order valence-electron chi connectivity index (χ0n) is 16.7. The minimum atomic E-state index is -0.608. The zero-order valence-corrected chi connectivity index (χ0v) is 17.6. The van der Waals surface area contributed by atoms with Gasteiger partial charge in [-0.2, -0.15) is 0 Å². The molecule has 4 aromatic rings. The van der Waals surface area contributed by atoms with E-state index in [-0.39, 0.29) is 17.1 Å². The topological polar surface area (TPSA) is 76.3 Å². The lowest BCUT2D eigenvalue weighted by molar-refractivity contribution is 0.0970. The molecular formula is C23H19N3O3S. The maximum absolute atomic E-state index is 13.5. The third-order valence-corrected chi connectivity index (χ3v) is 6.19. The van der Waals surface area contributed by atoms with Gasteiger partial charge < -0.3 is 4.42 Å². The van der Waals surface area contributed by atoms with E-state index in [1.807, 2.05) is 37.3 Å². The van der Waals surface area contributed by atoms with Gasteiger partial charge in [0.1, 0.15) is 11.1 Å². The van der Waals surface area contributed by atoms with E-state index in [1.54, 1.807) is 17.6 Å². The molecule has 1 aliphatic rings. The van der Waals surface area contributed by atoms with Gasteiger partial charge in [0.15, 0.2) is 5.43 Å². The van der Waals surface area contributed by atoms with E-state index in [2.05, 4.69) is 24.0 Å². The SMILES string of the molecule is Cc1ccc2oc3c(c(=O)c2c1)[C@H](c1ccc(C(C)C)cc1)N(c1nncs1)C3=O. The minimum absolute atomic E-state index is 0.0736. The quantitative estimate of drug-likeness (QED) is 0.477. The van der Waals surface area contributed by atoms with E-state index in [4.69, 9.17) is 4.42 Å². The molecule has 0 saturated heterocycles. The molecule has 0 spiro atoms. The monoisotopic (exact) mass is 417 g/mol. The molecule has 0 aliphatic carbocycles. The molecule has 0 radical (unpaired) electrons. The first-order valence-corrected chi connectivity index (χ1v) is 10.6. The Bertz CT molecular complexity index is 1320. The molecule has 150 valence electrons. The minimum Gasteiger partial charge on any atom is -0.450 e. The summed E-state index contributed by atoms with van der Waals surface area (Å²) in [6, 6.07) is 12.8. The van der Waals surface area contributed by atoms with Gasteiger partial charge in [-0.05, 0) is 36.1 Å². The molecule has 3 heterocycles. The van der Waals surface area contributed by atoms with Crippen LogP contribution in [-0.4, -0.2) is 16.1 Å². The molecule has 1 atom stereocenters. The second-order valence-electron chi connectivity index (χ2n) is 7.79. The maximum atomic E-state index is 13.5. The van der Waals surface area contributed by atoms with Crippen LogP contribution < -0.4 is 10.3 Å². The number of aromatic nitrogens is 2. The molecule has 2 aromatic carbocycles. The Labute approximate surface area is 176 Å². The highest BCUT2D eigenvalue weighted by Crippen LogP contribution is 2.41. The van der Waals surface area contributed by atoms with Crippen LogP contribution in [0.3, 0.4) is 0 Å². The predicted octanol–water partition coefficient (Wildman–Crippen LogP) is 4.83. The van der Waals surface area contributed by atoms with Crippen LogP contribution in [0.15, 0.2) is 57.2 Å². The number of hydrogen-bond donors (Lipinski definition) is 0. The third kappa shape index (κ3) is 2.77. The van der Waals surface area contributed by atoms with Crippen molar-refractivity contribution in [2.24, 2.45) is 0 Å². The van der Waals surface area contributed by atoms with E-state index < -0.39 is 6.04 Å². The lowest BCUT2D eigenvalue weighted by Crippen LogP contribution is -2.29. The number of hydrogen-bond acceptors (Lipinski definition) is 6. The van der Waals surface area contributed by atoms with Gasteiger partial charge in [-0.25, -0.2) is 0 Å². The van der Waals surface area contributed by atoms with Crippen molar-refractivity contribution in [1.82, 2.24) is 10.2 Å². The van der Waals surface area contributed by atoms with Crippen molar-refractivity contribution in [2.75, 3.05) is 4.90 Å². The molecule has 0 fully saturated rings. The van der Waals surface area contributed by atoms with Crippen molar-refractivity contribution in [2.45, 2.75) is 32.7 Å². The summed E-state index contributed by atoms with van der Waals surface area (Å²) in [5.74, 6) is 0.0801. The van der Waals surface area contributed by atoms with Crippen LogP contribution in [0.25, 0.3) is 11.0 Å². The van der Waals surface area contributed by atoms with E-state index in [9.17, 15) is 9.59 Å². The molecule has 1 amide bonds. The standard InChI is InChI=1S/C23H19N3O3S/c1-12(2)14-5-7-15(8-6-14)19-18-20(27)16-10-13(3)4-9-17(16)29-21(18)22(28)26(19)23-25-24-11-30-23/h4-12,19H,1-3H3/t19-/m0/s1. The van der Waals surface area contributed by atoms with Gasteiger partial charge >= 0.3 is 0 Å². The normalized spacial score (nSPS) is 15.9. The summed E-state index contributed by atoms with van der Waals surface area (Å²) in [5, 5.41) is 8.89. The van der Waals surface area contributed by atoms with Crippen molar-refractivity contribution in [3.05, 3.63) is 86.2 Å². The van der Waals surface area contributed by atoms with Gasteiger partial charge in [-0.15, -0.1) is 10.2 Å². The Morgan fingerprint density at radius 3 is 2.53 bits per heavy atom. The van der Waals surface area contributed by atoms with Crippen molar-refractivity contribution in [3.63, 3.8) is 0 Å². The van der Waals surface area contributed by atoms with Crippen LogP contribution >= 0.6 is 11.3 Å². The first-order chi connectivity index (χ1) is 14.5. The van der Waals surface area contributed by atoms with E-state index in [0.717, 1.165) is 11.1 Å². The van der Waals surface area contributed by atoms with Gasteiger partial charge in [0, 0.05) is 0 Å². The van der Waals surface area contributed by atoms with Gasteiger partial charge in [-0.3, -0.25) is 14.5 Å². The molecular weight excluding hydrogens is 398 g/mol. The highest BCUT2D eigenvalue weighted by molar-refractivity contribution is 7.13. The Hall–Kier alpha value is -3.32. The summed E-state index contributed by atoms with van der Waals surface area (Å²) < 4.78 is 5.96. The molecule has 6 nitrogen and oxygen atoms in total. The molecule has 30 heavy (non-hydrogen) atoms. The average Bonchev–Trinajstić information content (AvgIpc) is 3.35. The largest absolute Gasteiger partial charge is 0.450 e. The van der Waals surface area contributed by atoms with Crippen LogP contribution in [0.4, 0.5) is 5.13 Å². The second-order valence-corrected chi connectivity index (χ2v) is 8.61. The number of nitrogens with zero attached hydrogens (tertiary/aromatic N) is 3. The third-order valence-electron chi connectivity index (χ3n) is 5.50. The molecule has 7 heteroatoms. The first-order valence-electron chi connectivity index (χ1n) is 9.72. The summed E-state index contributed by atoms with van der Waals surface area (Å²) in [6.45, 7) is 6.17. The van der Waals surface area contributed by atoms with Crippen LogP contribution in [0.1, 0.15) is 58.6 Å². The van der Waals surface area contributed by atoms with Crippen molar-refractivity contribution < 1.29 is 9.21 Å². The van der Waals surface area contributed by atoms with Crippen LogP contribution in [0, 0.1) is 6.92 Å². The van der Waals surface area contributed by atoms with E-state index in [0.29, 0.717) is 27.6 Å². The van der Waals surface area contributed by atoms with Crippen molar-refractivity contribution in [1.29, 1.82) is 0 Å². The maximum Gasteiger partial charge on any atom is 0.297 e. The number of aryl methyl sites for hydroxylation is 1. The molecule has 0 unspecified atom stereocenters. The Morgan fingerprint density at radius 1 is 1.10 bits per heavy atom.